The van der Waals surface area contributed by atoms with Gasteiger partial charge < -0.3 is 10.1 Å². The van der Waals surface area contributed by atoms with E-state index < -0.39 is 0 Å². The summed E-state index contributed by atoms with van der Waals surface area (Å²) in [5, 5.41) is 5.41. The minimum Gasteiger partial charge on any atom is -0.381 e. The molecule has 0 saturated heterocycles. The molecule has 0 radical (unpaired) electrons. The quantitative estimate of drug-likeness (QED) is 0.821. The van der Waals surface area contributed by atoms with Crippen LogP contribution in [0.2, 0.25) is 0 Å². The largest absolute Gasteiger partial charge is 0.381 e. The molecule has 3 nitrogen and oxygen atoms in total. The van der Waals surface area contributed by atoms with Crippen LogP contribution < -0.4 is 5.32 Å². The Kier molecular flexibility index (Phi) is 4.74. The van der Waals surface area contributed by atoms with Gasteiger partial charge in [-0.1, -0.05) is 38.5 Å². The van der Waals surface area contributed by atoms with Crippen LogP contribution in [0.3, 0.4) is 0 Å². The Hall–Kier alpha value is -0.220. The van der Waals surface area contributed by atoms with E-state index in [1.54, 1.807) is 7.11 Å². The molecule has 1 unspecified atom stereocenters. The maximum Gasteiger partial charge on any atom is 0.157 e. The molecule has 1 saturated carbocycles. The number of thioether (sulfide) groups is 1. The third-order valence-corrected chi connectivity index (χ3v) is 5.32. The number of amidine groups is 1. The summed E-state index contributed by atoms with van der Waals surface area (Å²) < 4.78 is 5.29. The highest BCUT2D eigenvalue weighted by Crippen LogP contribution is 2.32. The van der Waals surface area contributed by atoms with Crippen LogP contribution >= 0.6 is 11.8 Å². The van der Waals surface area contributed by atoms with Crippen molar-refractivity contribution < 1.29 is 4.74 Å². The molecule has 1 heterocycles. The highest BCUT2D eigenvalue weighted by atomic mass is 32.2. The molecule has 98 valence electrons. The molecule has 0 aromatic rings. The van der Waals surface area contributed by atoms with E-state index in [4.69, 9.17) is 4.74 Å². The van der Waals surface area contributed by atoms with E-state index in [-0.39, 0.29) is 0 Å². The predicted octanol–water partition coefficient (Wildman–Crippen LogP) is 2.66. The summed E-state index contributed by atoms with van der Waals surface area (Å²) in [4.78, 5) is 4.63. The van der Waals surface area contributed by atoms with Crippen molar-refractivity contribution in [3.8, 4) is 0 Å². The lowest BCUT2D eigenvalue weighted by Gasteiger charge is -2.35. The lowest BCUT2D eigenvalue weighted by atomic mass is 9.89. The van der Waals surface area contributed by atoms with E-state index in [1.165, 1.54) is 18.0 Å². The van der Waals surface area contributed by atoms with Crippen molar-refractivity contribution in [2.45, 2.75) is 56.9 Å². The number of aliphatic imine (C=N–C) groups is 1. The molecular weight excluding hydrogens is 232 g/mol. The maximum atomic E-state index is 5.29. The average molecular weight is 256 g/mol. The first kappa shape index (κ1) is 13.2. The van der Waals surface area contributed by atoms with Crippen LogP contribution in [0, 0.1) is 5.92 Å². The Bertz CT molecular complexity index is 273. The molecule has 0 spiro atoms. The molecular formula is C13H24N2OS. The summed E-state index contributed by atoms with van der Waals surface area (Å²) in [6.07, 6.45) is 5.27. The van der Waals surface area contributed by atoms with Gasteiger partial charge in [-0.2, -0.15) is 0 Å². The zero-order chi connectivity index (χ0) is 12.3. The lowest BCUT2D eigenvalue weighted by molar-refractivity contribution is 0.0228. The van der Waals surface area contributed by atoms with Gasteiger partial charge in [0.2, 0.25) is 0 Å². The molecule has 2 aliphatic rings. The summed E-state index contributed by atoms with van der Waals surface area (Å²) in [7, 11) is 1.80. The van der Waals surface area contributed by atoms with Gasteiger partial charge in [-0.3, -0.25) is 4.99 Å². The molecule has 17 heavy (non-hydrogen) atoms. The van der Waals surface area contributed by atoms with Crippen molar-refractivity contribution in [1.82, 2.24) is 5.32 Å². The molecule has 2 rings (SSSR count). The molecule has 1 N–H and O–H groups in total. The van der Waals surface area contributed by atoms with Gasteiger partial charge in [-0.15, -0.1) is 0 Å². The normalized spacial score (nSPS) is 32.5. The molecule has 0 aromatic carbocycles. The zero-order valence-electron chi connectivity index (χ0n) is 11.1. The fourth-order valence-corrected chi connectivity index (χ4v) is 3.98. The van der Waals surface area contributed by atoms with Crippen LogP contribution in [0.5, 0.6) is 0 Å². The van der Waals surface area contributed by atoms with Crippen molar-refractivity contribution in [2.24, 2.45) is 10.9 Å². The molecule has 4 heteroatoms. The van der Waals surface area contributed by atoms with Crippen molar-refractivity contribution >= 4 is 16.9 Å². The number of ether oxygens (including phenoxy) is 1. The van der Waals surface area contributed by atoms with Crippen LogP contribution in [0.15, 0.2) is 4.99 Å². The highest BCUT2D eigenvalue weighted by molar-refractivity contribution is 8.14. The van der Waals surface area contributed by atoms with E-state index in [9.17, 15) is 0 Å². The molecule has 0 amide bonds. The standard InChI is InChI=1S/C13H24N2OS/c1-4-9(5-2)12-8-14-13(17-12)15-10-6-11(7-10)16-3/h9-12H,4-8H2,1-3H3,(H,14,15). The number of rotatable bonds is 5. The van der Waals surface area contributed by atoms with Crippen molar-refractivity contribution in [3.05, 3.63) is 0 Å². The van der Waals surface area contributed by atoms with Crippen LogP contribution in [-0.2, 0) is 4.74 Å². The first-order valence-electron chi connectivity index (χ1n) is 6.77. The molecule has 1 fully saturated rings. The summed E-state index contributed by atoms with van der Waals surface area (Å²) in [6, 6.07) is 0.589. The second-order valence-electron chi connectivity index (χ2n) is 5.05. The second-order valence-corrected chi connectivity index (χ2v) is 6.28. The first-order valence-corrected chi connectivity index (χ1v) is 7.65. The third-order valence-electron chi connectivity index (χ3n) is 4.01. The predicted molar refractivity (Wildman–Crippen MR) is 74.7 cm³/mol. The third kappa shape index (κ3) is 3.16. The Morgan fingerprint density at radius 2 is 2.12 bits per heavy atom. The van der Waals surface area contributed by atoms with Crippen LogP contribution in [-0.4, -0.2) is 36.2 Å². The van der Waals surface area contributed by atoms with Gasteiger partial charge >= 0.3 is 0 Å². The van der Waals surface area contributed by atoms with Gasteiger partial charge in [0.25, 0.3) is 0 Å². The molecule has 1 aliphatic carbocycles. The van der Waals surface area contributed by atoms with Crippen molar-refractivity contribution in [2.75, 3.05) is 13.7 Å². The van der Waals surface area contributed by atoms with E-state index in [0.717, 1.165) is 25.3 Å². The molecule has 1 aliphatic heterocycles. The fraction of sp³-hybridized carbons (Fsp3) is 0.923. The number of nitrogens with one attached hydrogen (secondary N) is 1. The number of methoxy groups -OCH3 is 1. The minimum absolute atomic E-state index is 0.467. The SMILES string of the molecule is CCC(CC)C1CN=C(NC2CC(OC)C2)S1. The molecule has 0 bridgehead atoms. The number of hydrogen-bond donors (Lipinski definition) is 1. The molecule has 1 atom stereocenters. The van der Waals surface area contributed by atoms with Gasteiger partial charge in [0, 0.05) is 18.4 Å². The summed E-state index contributed by atoms with van der Waals surface area (Å²) in [5.41, 5.74) is 0. The summed E-state index contributed by atoms with van der Waals surface area (Å²) >= 11 is 1.95. The zero-order valence-corrected chi connectivity index (χ0v) is 11.9. The average Bonchev–Trinajstić information content (AvgIpc) is 2.73. The number of hydrogen-bond acceptors (Lipinski definition) is 4. The maximum absolute atomic E-state index is 5.29. The van der Waals surface area contributed by atoms with Gasteiger partial charge in [0.05, 0.1) is 12.6 Å². The van der Waals surface area contributed by atoms with Gasteiger partial charge in [0.15, 0.2) is 5.17 Å². The van der Waals surface area contributed by atoms with E-state index >= 15 is 0 Å². The monoisotopic (exact) mass is 256 g/mol. The summed E-state index contributed by atoms with van der Waals surface area (Å²) in [5.74, 6) is 0.816. The van der Waals surface area contributed by atoms with Gasteiger partial charge in [-0.05, 0) is 18.8 Å². The minimum atomic E-state index is 0.467. The van der Waals surface area contributed by atoms with E-state index in [1.807, 2.05) is 11.8 Å². The first-order chi connectivity index (χ1) is 8.26. The second kappa shape index (κ2) is 6.10. The Labute approximate surface area is 109 Å². The van der Waals surface area contributed by atoms with Crippen molar-refractivity contribution in [1.29, 1.82) is 0 Å². The highest BCUT2D eigenvalue weighted by Gasteiger charge is 2.32. The number of nitrogens with zero attached hydrogens (tertiary/aromatic N) is 1. The van der Waals surface area contributed by atoms with E-state index in [0.29, 0.717) is 17.4 Å². The topological polar surface area (TPSA) is 33.6 Å². The van der Waals surface area contributed by atoms with Crippen LogP contribution in [0.4, 0.5) is 0 Å². The smallest absolute Gasteiger partial charge is 0.157 e. The van der Waals surface area contributed by atoms with E-state index in [2.05, 4.69) is 24.2 Å². The van der Waals surface area contributed by atoms with Crippen LogP contribution in [0.25, 0.3) is 0 Å². The lowest BCUT2D eigenvalue weighted by Crippen LogP contribution is -2.46. The van der Waals surface area contributed by atoms with Gasteiger partial charge in [-0.25, -0.2) is 0 Å². The molecule has 0 aromatic heterocycles. The van der Waals surface area contributed by atoms with Crippen molar-refractivity contribution in [3.63, 3.8) is 0 Å². The van der Waals surface area contributed by atoms with Crippen LogP contribution in [0.1, 0.15) is 39.5 Å². The Morgan fingerprint density at radius 3 is 2.71 bits per heavy atom. The fourth-order valence-electron chi connectivity index (χ4n) is 2.58. The summed E-state index contributed by atoms with van der Waals surface area (Å²) in [6.45, 7) is 5.57. The Balaban J connectivity index is 1.71. The van der Waals surface area contributed by atoms with Gasteiger partial charge in [0.1, 0.15) is 0 Å². The Morgan fingerprint density at radius 1 is 1.41 bits per heavy atom.